The maximum atomic E-state index is 11.9. The van der Waals surface area contributed by atoms with E-state index < -0.39 is 4.92 Å². The monoisotopic (exact) mass is 289 g/mol. The molecule has 0 aliphatic heterocycles. The Kier molecular flexibility index (Phi) is 4.27. The van der Waals surface area contributed by atoms with E-state index in [1.807, 2.05) is 12.1 Å². The summed E-state index contributed by atoms with van der Waals surface area (Å²) in [6.07, 6.45) is 3.13. The van der Waals surface area contributed by atoms with Crippen molar-refractivity contribution in [3.8, 4) is 5.06 Å². The first-order chi connectivity index (χ1) is 9.60. The number of allylic oxidation sites excluding steroid dienone is 1. The number of rotatable bonds is 5. The lowest BCUT2D eigenvalue weighted by Gasteiger charge is -1.95. The van der Waals surface area contributed by atoms with Crippen molar-refractivity contribution in [2.24, 2.45) is 0 Å². The Morgan fingerprint density at radius 3 is 2.50 bits per heavy atom. The van der Waals surface area contributed by atoms with Crippen molar-refractivity contribution >= 4 is 28.9 Å². The van der Waals surface area contributed by atoms with Gasteiger partial charge in [-0.15, -0.1) is 0 Å². The lowest BCUT2D eigenvalue weighted by Crippen LogP contribution is -1.94. The van der Waals surface area contributed by atoms with Crippen LogP contribution in [0.3, 0.4) is 0 Å². The number of hydrogen-bond acceptors (Lipinski definition) is 5. The first-order valence-corrected chi connectivity index (χ1v) is 6.52. The molecule has 2 rings (SSSR count). The Bertz CT molecular complexity index is 658. The van der Waals surface area contributed by atoms with E-state index in [2.05, 4.69) is 0 Å². The molecule has 0 amide bonds. The highest BCUT2D eigenvalue weighted by Gasteiger charge is 2.07. The summed E-state index contributed by atoms with van der Waals surface area (Å²) >= 11 is 1.43. The number of nitro benzene ring substituents is 1. The number of ketones is 1. The molecule has 102 valence electrons. The van der Waals surface area contributed by atoms with E-state index in [0.717, 1.165) is 9.94 Å². The number of nitro groups is 1. The molecule has 0 fully saturated rings. The third kappa shape index (κ3) is 3.30. The Morgan fingerprint density at radius 1 is 1.25 bits per heavy atom. The highest BCUT2D eigenvalue weighted by molar-refractivity contribution is 7.14. The number of ether oxygens (including phenoxy) is 1. The van der Waals surface area contributed by atoms with Crippen molar-refractivity contribution in [2.45, 2.75) is 0 Å². The van der Waals surface area contributed by atoms with E-state index in [-0.39, 0.29) is 11.5 Å². The van der Waals surface area contributed by atoms with Gasteiger partial charge in [-0.2, -0.15) is 0 Å². The van der Waals surface area contributed by atoms with Crippen molar-refractivity contribution in [1.82, 2.24) is 0 Å². The van der Waals surface area contributed by atoms with Crippen LogP contribution in [0.2, 0.25) is 0 Å². The molecule has 20 heavy (non-hydrogen) atoms. The first kappa shape index (κ1) is 14.0. The summed E-state index contributed by atoms with van der Waals surface area (Å²) in [5.74, 6) is -0.202. The summed E-state index contributed by atoms with van der Waals surface area (Å²) in [4.78, 5) is 22.8. The van der Waals surface area contributed by atoms with Crippen molar-refractivity contribution in [2.75, 3.05) is 7.11 Å². The van der Waals surface area contributed by atoms with Gasteiger partial charge < -0.3 is 4.74 Å². The fourth-order valence-corrected chi connectivity index (χ4v) is 2.26. The zero-order valence-electron chi connectivity index (χ0n) is 10.6. The summed E-state index contributed by atoms with van der Waals surface area (Å²) in [6.45, 7) is 0. The molecule has 0 saturated carbocycles. The minimum Gasteiger partial charge on any atom is -0.487 e. The number of nitrogens with zero attached hydrogens (tertiary/aromatic N) is 1. The summed E-state index contributed by atoms with van der Waals surface area (Å²) in [7, 11) is 1.58. The Morgan fingerprint density at radius 2 is 1.95 bits per heavy atom. The normalized spacial score (nSPS) is 10.7. The molecule has 0 aliphatic rings. The molecule has 0 saturated heterocycles. The molecule has 0 N–H and O–H groups in total. The van der Waals surface area contributed by atoms with Gasteiger partial charge in [-0.05, 0) is 36.4 Å². The molecule has 0 bridgehead atoms. The fourth-order valence-electron chi connectivity index (χ4n) is 1.54. The van der Waals surface area contributed by atoms with Crippen LogP contribution in [-0.2, 0) is 0 Å². The van der Waals surface area contributed by atoms with E-state index in [1.54, 1.807) is 13.2 Å². The minimum absolute atomic E-state index is 0.0338. The van der Waals surface area contributed by atoms with Crippen LogP contribution in [0.5, 0.6) is 5.06 Å². The molecule has 0 aliphatic carbocycles. The van der Waals surface area contributed by atoms with E-state index in [4.69, 9.17) is 4.74 Å². The summed E-state index contributed by atoms with van der Waals surface area (Å²) in [5, 5.41) is 11.3. The van der Waals surface area contributed by atoms with Gasteiger partial charge in [0.05, 0.1) is 12.0 Å². The topological polar surface area (TPSA) is 69.4 Å². The van der Waals surface area contributed by atoms with Crippen LogP contribution in [-0.4, -0.2) is 17.8 Å². The van der Waals surface area contributed by atoms with Crippen LogP contribution < -0.4 is 4.74 Å². The molecule has 5 nitrogen and oxygen atoms in total. The van der Waals surface area contributed by atoms with Crippen LogP contribution in [0.25, 0.3) is 6.08 Å². The van der Waals surface area contributed by atoms with Crippen molar-refractivity contribution in [3.63, 3.8) is 0 Å². The van der Waals surface area contributed by atoms with Gasteiger partial charge >= 0.3 is 0 Å². The second kappa shape index (κ2) is 6.12. The standard InChI is InChI=1S/C14H11NO4S/c1-19-14-9-7-12(20-14)6-8-13(16)10-2-4-11(5-3-10)15(17)18/h2-9H,1H3. The molecule has 0 atom stereocenters. The number of carbonyl (C=O) groups excluding carboxylic acids is 1. The first-order valence-electron chi connectivity index (χ1n) is 5.71. The fraction of sp³-hybridized carbons (Fsp3) is 0.0714. The van der Waals surface area contributed by atoms with Crippen molar-refractivity contribution in [3.05, 3.63) is 63.0 Å². The van der Waals surface area contributed by atoms with E-state index in [0.29, 0.717) is 5.56 Å². The zero-order chi connectivity index (χ0) is 14.5. The van der Waals surface area contributed by atoms with Gasteiger partial charge in [0.15, 0.2) is 10.8 Å². The predicted molar refractivity (Wildman–Crippen MR) is 77.3 cm³/mol. The second-order valence-corrected chi connectivity index (χ2v) is 4.94. The molecule has 0 unspecified atom stereocenters. The molecule has 6 heteroatoms. The van der Waals surface area contributed by atoms with E-state index >= 15 is 0 Å². The van der Waals surface area contributed by atoms with Gasteiger partial charge in [0, 0.05) is 22.6 Å². The maximum Gasteiger partial charge on any atom is 0.269 e. The van der Waals surface area contributed by atoms with Crippen LogP contribution in [0.4, 0.5) is 5.69 Å². The zero-order valence-corrected chi connectivity index (χ0v) is 11.4. The minimum atomic E-state index is -0.498. The van der Waals surface area contributed by atoms with Crippen molar-refractivity contribution in [1.29, 1.82) is 0 Å². The Hall–Kier alpha value is -2.47. The lowest BCUT2D eigenvalue weighted by molar-refractivity contribution is -0.384. The molecule has 1 aromatic heterocycles. The Balaban J connectivity index is 2.09. The lowest BCUT2D eigenvalue weighted by atomic mass is 10.1. The molecular weight excluding hydrogens is 278 g/mol. The number of thiophene rings is 1. The largest absolute Gasteiger partial charge is 0.487 e. The van der Waals surface area contributed by atoms with Gasteiger partial charge in [0.25, 0.3) is 5.69 Å². The average Bonchev–Trinajstić information content (AvgIpc) is 2.93. The van der Waals surface area contributed by atoms with Gasteiger partial charge in [0.1, 0.15) is 0 Å². The van der Waals surface area contributed by atoms with E-state index in [1.165, 1.54) is 41.7 Å². The predicted octanol–water partition coefficient (Wildman–Crippen LogP) is 3.56. The number of carbonyl (C=O) groups is 1. The molecule has 1 heterocycles. The molecule has 0 spiro atoms. The highest BCUT2D eigenvalue weighted by Crippen LogP contribution is 2.25. The second-order valence-electron chi connectivity index (χ2n) is 3.86. The number of methoxy groups -OCH3 is 1. The van der Waals surface area contributed by atoms with E-state index in [9.17, 15) is 14.9 Å². The van der Waals surface area contributed by atoms with Gasteiger partial charge in [-0.1, -0.05) is 11.3 Å². The third-order valence-corrected chi connectivity index (χ3v) is 3.58. The quantitative estimate of drug-likeness (QED) is 0.365. The SMILES string of the molecule is COc1ccc(C=CC(=O)c2ccc([N+](=O)[O-])cc2)s1. The summed E-state index contributed by atoms with van der Waals surface area (Å²) in [5.41, 5.74) is 0.379. The van der Waals surface area contributed by atoms with Gasteiger partial charge in [0.2, 0.25) is 0 Å². The molecular formula is C14H11NO4S. The molecule has 1 aromatic carbocycles. The van der Waals surface area contributed by atoms with Crippen LogP contribution in [0, 0.1) is 10.1 Å². The number of non-ortho nitro benzene ring substituents is 1. The van der Waals surface area contributed by atoms with Gasteiger partial charge in [-0.3, -0.25) is 14.9 Å². The molecule has 2 aromatic rings. The van der Waals surface area contributed by atoms with Crippen LogP contribution in [0.15, 0.2) is 42.5 Å². The Labute approximate surface area is 119 Å². The smallest absolute Gasteiger partial charge is 0.269 e. The number of hydrogen-bond donors (Lipinski definition) is 0. The number of benzene rings is 1. The maximum absolute atomic E-state index is 11.9. The van der Waals surface area contributed by atoms with Crippen LogP contribution in [0.1, 0.15) is 15.2 Å². The molecule has 0 radical (unpaired) electrons. The van der Waals surface area contributed by atoms with Crippen molar-refractivity contribution < 1.29 is 14.5 Å². The summed E-state index contributed by atoms with van der Waals surface area (Å²) < 4.78 is 5.06. The average molecular weight is 289 g/mol. The van der Waals surface area contributed by atoms with Gasteiger partial charge in [-0.25, -0.2) is 0 Å². The van der Waals surface area contributed by atoms with Crippen LogP contribution >= 0.6 is 11.3 Å². The summed E-state index contributed by atoms with van der Waals surface area (Å²) in [6, 6.07) is 9.19. The third-order valence-electron chi connectivity index (χ3n) is 2.56. The highest BCUT2D eigenvalue weighted by atomic mass is 32.1.